The molecular formula is C26H22N2O3. The van der Waals surface area contributed by atoms with Gasteiger partial charge in [-0.1, -0.05) is 60.7 Å². The van der Waals surface area contributed by atoms with Crippen LogP contribution in [0.5, 0.6) is 5.75 Å². The fourth-order valence-electron chi connectivity index (χ4n) is 4.43. The van der Waals surface area contributed by atoms with Gasteiger partial charge >= 0.3 is 0 Å². The van der Waals surface area contributed by atoms with Crippen molar-refractivity contribution >= 4 is 22.6 Å². The van der Waals surface area contributed by atoms with Gasteiger partial charge < -0.3 is 15.4 Å². The maximum atomic E-state index is 12.8. The molecule has 1 amide bonds. The number of carbonyl (C=O) groups is 2. The van der Waals surface area contributed by atoms with Crippen molar-refractivity contribution in [1.82, 2.24) is 4.57 Å². The zero-order valence-electron chi connectivity index (χ0n) is 16.9. The molecule has 0 bridgehead atoms. The Morgan fingerprint density at radius 2 is 1.65 bits per heavy atom. The number of benzene rings is 3. The van der Waals surface area contributed by atoms with Crippen molar-refractivity contribution in [2.45, 2.75) is 25.3 Å². The summed E-state index contributed by atoms with van der Waals surface area (Å²) in [5.74, 6) is -1.59. The Hall–Kier alpha value is -3.86. The molecule has 5 rings (SSSR count). The average Bonchev–Trinajstić information content (AvgIpc) is 3.57. The number of primary amides is 1. The number of phenolic OH excluding ortho intramolecular Hbond substituents is 1. The van der Waals surface area contributed by atoms with Crippen LogP contribution in [-0.4, -0.2) is 21.4 Å². The highest BCUT2D eigenvalue weighted by Gasteiger charge is 2.36. The van der Waals surface area contributed by atoms with Crippen molar-refractivity contribution in [2.24, 2.45) is 5.73 Å². The van der Waals surface area contributed by atoms with Gasteiger partial charge in [0.15, 0.2) is 0 Å². The Balaban J connectivity index is 1.74. The highest BCUT2D eigenvalue weighted by Crippen LogP contribution is 2.47. The van der Waals surface area contributed by atoms with E-state index in [0.29, 0.717) is 11.9 Å². The first kappa shape index (κ1) is 19.1. The van der Waals surface area contributed by atoms with Crippen LogP contribution in [0.15, 0.2) is 72.8 Å². The molecule has 1 aromatic heterocycles. The first-order valence-electron chi connectivity index (χ1n) is 10.4. The third-order valence-corrected chi connectivity index (χ3v) is 5.95. The normalized spacial score (nSPS) is 13.4. The van der Waals surface area contributed by atoms with Crippen LogP contribution in [0.1, 0.15) is 40.4 Å². The zero-order valence-corrected chi connectivity index (χ0v) is 16.9. The molecule has 1 heterocycles. The van der Waals surface area contributed by atoms with E-state index >= 15 is 0 Å². The maximum Gasteiger partial charge on any atom is 0.289 e. The summed E-state index contributed by atoms with van der Waals surface area (Å²) in [7, 11) is 0. The molecule has 154 valence electrons. The summed E-state index contributed by atoms with van der Waals surface area (Å²) in [6.45, 7) is 0.517. The fourth-order valence-corrected chi connectivity index (χ4v) is 4.43. The van der Waals surface area contributed by atoms with Crippen molar-refractivity contribution in [1.29, 1.82) is 0 Å². The molecule has 1 fully saturated rings. The number of aromatic nitrogens is 1. The molecule has 0 atom stereocenters. The number of fused-ring (bicyclic) bond motifs is 1. The van der Waals surface area contributed by atoms with Crippen molar-refractivity contribution in [3.8, 4) is 16.9 Å². The lowest BCUT2D eigenvalue weighted by molar-refractivity contribution is -0.114. The second-order valence-electron chi connectivity index (χ2n) is 8.01. The van der Waals surface area contributed by atoms with E-state index in [1.165, 1.54) is 0 Å². The number of carbonyl (C=O) groups excluding carboxylic acids is 2. The van der Waals surface area contributed by atoms with Gasteiger partial charge in [-0.3, -0.25) is 9.59 Å². The lowest BCUT2D eigenvalue weighted by atomic mass is 9.99. The summed E-state index contributed by atoms with van der Waals surface area (Å²) < 4.78 is 2.07. The van der Waals surface area contributed by atoms with Gasteiger partial charge in [0.1, 0.15) is 5.75 Å². The van der Waals surface area contributed by atoms with Crippen molar-refractivity contribution in [3.63, 3.8) is 0 Å². The van der Waals surface area contributed by atoms with Crippen LogP contribution >= 0.6 is 0 Å². The number of hydrogen-bond donors (Lipinski definition) is 2. The van der Waals surface area contributed by atoms with Crippen LogP contribution in [-0.2, 0) is 11.3 Å². The third-order valence-electron chi connectivity index (χ3n) is 5.95. The third kappa shape index (κ3) is 3.28. The van der Waals surface area contributed by atoms with Gasteiger partial charge in [0.25, 0.3) is 11.7 Å². The number of hydrogen-bond acceptors (Lipinski definition) is 3. The molecular weight excluding hydrogens is 388 g/mol. The van der Waals surface area contributed by atoms with Crippen LogP contribution < -0.4 is 5.73 Å². The van der Waals surface area contributed by atoms with Crippen molar-refractivity contribution in [3.05, 3.63) is 89.6 Å². The molecule has 3 N–H and O–H groups in total. The molecule has 1 aliphatic carbocycles. The van der Waals surface area contributed by atoms with E-state index in [1.807, 2.05) is 36.4 Å². The number of ketones is 1. The van der Waals surface area contributed by atoms with Crippen molar-refractivity contribution in [2.75, 3.05) is 0 Å². The molecule has 1 saturated carbocycles. The van der Waals surface area contributed by atoms with Gasteiger partial charge in [-0.25, -0.2) is 0 Å². The van der Waals surface area contributed by atoms with Crippen LogP contribution in [0, 0.1) is 0 Å². The monoisotopic (exact) mass is 410 g/mol. The van der Waals surface area contributed by atoms with Crippen LogP contribution in [0.25, 0.3) is 22.0 Å². The second kappa shape index (κ2) is 7.43. The number of amides is 1. The van der Waals surface area contributed by atoms with Gasteiger partial charge in [0.2, 0.25) is 0 Å². The van der Waals surface area contributed by atoms with Gasteiger partial charge in [-0.15, -0.1) is 0 Å². The van der Waals surface area contributed by atoms with E-state index in [2.05, 4.69) is 28.8 Å². The molecule has 4 aromatic rings. The molecule has 0 aliphatic heterocycles. The van der Waals surface area contributed by atoms with E-state index < -0.39 is 11.7 Å². The molecule has 1 aliphatic rings. The number of nitrogens with zero attached hydrogens (tertiary/aromatic N) is 1. The summed E-state index contributed by atoms with van der Waals surface area (Å²) in [5.41, 5.74) is 10.5. The number of rotatable bonds is 6. The van der Waals surface area contributed by atoms with Gasteiger partial charge in [-0.05, 0) is 41.7 Å². The predicted octanol–water partition coefficient (Wildman–Crippen LogP) is 4.61. The number of phenols is 1. The Labute approximate surface area is 179 Å². The average molecular weight is 410 g/mol. The largest absolute Gasteiger partial charge is 0.507 e. The minimum atomic E-state index is -1.01. The first-order chi connectivity index (χ1) is 15.1. The van der Waals surface area contributed by atoms with Crippen LogP contribution in [0.4, 0.5) is 0 Å². The SMILES string of the molecule is NC(=O)C(=O)c1c(C2CC2)n(Cc2ccccc2-c2ccccc2)c2cccc(O)c12. The molecule has 3 aromatic carbocycles. The standard InChI is InChI=1S/C26H22N2O3/c27-26(31)25(30)23-22-20(11-6-12-21(22)29)28(24(23)17-13-14-17)15-18-9-4-5-10-19(18)16-7-2-1-3-8-16/h1-12,17,29H,13-15H2,(H2,27,31). The van der Waals surface area contributed by atoms with Gasteiger partial charge in [-0.2, -0.15) is 0 Å². The lowest BCUT2D eigenvalue weighted by Gasteiger charge is -2.15. The lowest BCUT2D eigenvalue weighted by Crippen LogP contribution is -2.24. The Bertz CT molecular complexity index is 1320. The number of Topliss-reactive ketones (excluding diaryl/α,β-unsaturated/α-hetero) is 1. The minimum absolute atomic E-state index is 0.0147. The van der Waals surface area contributed by atoms with E-state index in [-0.39, 0.29) is 17.2 Å². The highest BCUT2D eigenvalue weighted by molar-refractivity contribution is 6.45. The predicted molar refractivity (Wildman–Crippen MR) is 120 cm³/mol. The quantitative estimate of drug-likeness (QED) is 0.360. The highest BCUT2D eigenvalue weighted by atomic mass is 16.3. The van der Waals surface area contributed by atoms with Crippen LogP contribution in [0.2, 0.25) is 0 Å². The minimum Gasteiger partial charge on any atom is -0.507 e. The van der Waals surface area contributed by atoms with Crippen molar-refractivity contribution < 1.29 is 14.7 Å². The summed E-state index contributed by atoms with van der Waals surface area (Å²) in [6, 6.07) is 23.5. The number of aromatic hydroxyl groups is 1. The first-order valence-corrected chi connectivity index (χ1v) is 10.4. The Kier molecular flexibility index (Phi) is 4.59. The molecule has 0 spiro atoms. The number of nitrogens with two attached hydrogens (primary N) is 1. The van der Waals surface area contributed by atoms with E-state index in [0.717, 1.165) is 40.7 Å². The molecule has 31 heavy (non-hydrogen) atoms. The van der Waals surface area contributed by atoms with E-state index in [4.69, 9.17) is 5.73 Å². The topological polar surface area (TPSA) is 85.3 Å². The molecule has 5 nitrogen and oxygen atoms in total. The molecule has 0 radical (unpaired) electrons. The Morgan fingerprint density at radius 1 is 0.935 bits per heavy atom. The summed E-state index contributed by atoms with van der Waals surface area (Å²) in [5, 5.41) is 11.0. The molecule has 5 heteroatoms. The summed E-state index contributed by atoms with van der Waals surface area (Å²) >= 11 is 0. The molecule has 0 saturated heterocycles. The van der Waals surface area contributed by atoms with Crippen LogP contribution in [0.3, 0.4) is 0 Å². The zero-order chi connectivity index (χ0) is 21.5. The van der Waals surface area contributed by atoms with E-state index in [9.17, 15) is 14.7 Å². The fraction of sp³-hybridized carbons (Fsp3) is 0.154. The summed E-state index contributed by atoms with van der Waals surface area (Å²) in [4.78, 5) is 24.7. The Morgan fingerprint density at radius 3 is 2.35 bits per heavy atom. The van der Waals surface area contributed by atoms with E-state index in [1.54, 1.807) is 12.1 Å². The second-order valence-corrected chi connectivity index (χ2v) is 8.01. The van der Waals surface area contributed by atoms with Gasteiger partial charge in [0.05, 0.1) is 16.5 Å². The molecule has 0 unspecified atom stereocenters. The summed E-state index contributed by atoms with van der Waals surface area (Å²) in [6.07, 6.45) is 1.88. The smallest absolute Gasteiger partial charge is 0.289 e. The van der Waals surface area contributed by atoms with Gasteiger partial charge in [0, 0.05) is 18.2 Å². The maximum absolute atomic E-state index is 12.8.